The number of hydrogen-bond donors (Lipinski definition) is 0. The molecule has 0 radical (unpaired) electrons. The van der Waals surface area contributed by atoms with Gasteiger partial charge < -0.3 is 9.64 Å². The van der Waals surface area contributed by atoms with Gasteiger partial charge in [0.2, 0.25) is 10.0 Å². The Balaban J connectivity index is 1.77. The predicted molar refractivity (Wildman–Crippen MR) is 112 cm³/mol. The molecule has 1 aromatic carbocycles. The lowest BCUT2D eigenvalue weighted by Crippen LogP contribution is -2.54. The highest BCUT2D eigenvalue weighted by molar-refractivity contribution is 7.89. The van der Waals surface area contributed by atoms with E-state index in [0.717, 1.165) is 17.8 Å². The molecular formula is C21H24F3N3O4S. The third kappa shape index (κ3) is 5.04. The first-order chi connectivity index (χ1) is 14.9. The number of piperazine rings is 1. The number of esters is 1. The summed E-state index contributed by atoms with van der Waals surface area (Å²) in [7, 11) is -2.57. The van der Waals surface area contributed by atoms with Gasteiger partial charge in [-0.2, -0.15) is 17.5 Å². The van der Waals surface area contributed by atoms with Gasteiger partial charge in [-0.15, -0.1) is 0 Å². The third-order valence-corrected chi connectivity index (χ3v) is 7.46. The Kier molecular flexibility index (Phi) is 6.80. The van der Waals surface area contributed by atoms with Crippen LogP contribution < -0.4 is 4.90 Å². The van der Waals surface area contributed by atoms with E-state index in [4.69, 9.17) is 0 Å². The number of alkyl halides is 3. The first-order valence-electron chi connectivity index (χ1n) is 9.90. The van der Waals surface area contributed by atoms with Gasteiger partial charge in [0, 0.05) is 31.9 Å². The molecule has 1 fully saturated rings. The normalized spacial score (nSPS) is 17.9. The van der Waals surface area contributed by atoms with E-state index in [1.165, 1.54) is 29.6 Å². The van der Waals surface area contributed by atoms with Crippen LogP contribution in [-0.4, -0.2) is 56.5 Å². The van der Waals surface area contributed by atoms with Crippen LogP contribution in [0.4, 0.5) is 19.0 Å². The SMILES string of the molecule is COC(=O)Cc1cc(S(=O)(=O)N2CCN(c3ccc(C(F)(F)F)cn3)CC2C)ccc1C. The van der Waals surface area contributed by atoms with Crippen molar-refractivity contribution in [2.24, 2.45) is 0 Å². The van der Waals surface area contributed by atoms with Crippen molar-refractivity contribution in [2.45, 2.75) is 37.4 Å². The van der Waals surface area contributed by atoms with Crippen molar-refractivity contribution >= 4 is 21.8 Å². The molecule has 0 amide bonds. The number of carbonyl (C=O) groups is 1. The lowest BCUT2D eigenvalue weighted by atomic mass is 10.1. The number of ether oxygens (including phenoxy) is 1. The molecule has 7 nitrogen and oxygen atoms in total. The van der Waals surface area contributed by atoms with Crippen molar-refractivity contribution in [1.82, 2.24) is 9.29 Å². The molecule has 1 aliphatic rings. The summed E-state index contributed by atoms with van der Waals surface area (Å²) in [5.41, 5.74) is 0.511. The Labute approximate surface area is 184 Å². The van der Waals surface area contributed by atoms with Crippen molar-refractivity contribution in [3.8, 4) is 0 Å². The highest BCUT2D eigenvalue weighted by Crippen LogP contribution is 2.30. The lowest BCUT2D eigenvalue weighted by molar-refractivity contribution is -0.140. The van der Waals surface area contributed by atoms with Crippen molar-refractivity contribution in [3.05, 3.63) is 53.2 Å². The van der Waals surface area contributed by atoms with Crippen molar-refractivity contribution < 1.29 is 31.1 Å². The Morgan fingerprint density at radius 2 is 1.94 bits per heavy atom. The van der Waals surface area contributed by atoms with Crippen molar-refractivity contribution in [2.75, 3.05) is 31.6 Å². The van der Waals surface area contributed by atoms with Crippen LogP contribution in [0.25, 0.3) is 0 Å². The van der Waals surface area contributed by atoms with E-state index in [1.54, 1.807) is 24.8 Å². The number of hydrogen-bond acceptors (Lipinski definition) is 6. The highest BCUT2D eigenvalue weighted by Gasteiger charge is 2.35. The van der Waals surface area contributed by atoms with Gasteiger partial charge in [-0.1, -0.05) is 6.07 Å². The van der Waals surface area contributed by atoms with E-state index in [1.807, 2.05) is 0 Å². The van der Waals surface area contributed by atoms with Gasteiger partial charge in [0.15, 0.2) is 0 Å². The first kappa shape index (κ1) is 24.0. The molecule has 32 heavy (non-hydrogen) atoms. The van der Waals surface area contributed by atoms with Gasteiger partial charge >= 0.3 is 12.1 Å². The Morgan fingerprint density at radius 1 is 1.22 bits per heavy atom. The summed E-state index contributed by atoms with van der Waals surface area (Å²) in [5, 5.41) is 0. The summed E-state index contributed by atoms with van der Waals surface area (Å²) in [5.74, 6) is -0.105. The molecule has 0 N–H and O–H groups in total. The third-order valence-electron chi connectivity index (χ3n) is 5.46. The number of rotatable bonds is 5. The summed E-state index contributed by atoms with van der Waals surface area (Å²) in [6, 6.07) is 6.45. The number of benzene rings is 1. The van der Waals surface area contributed by atoms with Gasteiger partial charge in [0.25, 0.3) is 0 Å². The van der Waals surface area contributed by atoms with Gasteiger partial charge in [-0.25, -0.2) is 13.4 Å². The number of aryl methyl sites for hydroxylation is 1. The van der Waals surface area contributed by atoms with Gasteiger partial charge in [-0.3, -0.25) is 4.79 Å². The standard InChI is InChI=1S/C21H24F3N3O4S/c1-14-4-6-18(10-16(14)11-20(28)31-3)32(29,30)27-9-8-26(13-15(27)2)19-7-5-17(12-25-19)21(22,23)24/h4-7,10,12,15H,8-9,11,13H2,1-3H3. The van der Waals surface area contributed by atoms with Crippen LogP contribution in [0.15, 0.2) is 41.4 Å². The van der Waals surface area contributed by atoms with Crippen LogP contribution in [0.2, 0.25) is 0 Å². The maximum absolute atomic E-state index is 13.3. The molecule has 3 rings (SSSR count). The van der Waals surface area contributed by atoms with Gasteiger partial charge in [0.1, 0.15) is 5.82 Å². The van der Waals surface area contributed by atoms with E-state index in [0.29, 0.717) is 11.4 Å². The lowest BCUT2D eigenvalue weighted by Gasteiger charge is -2.39. The summed E-state index contributed by atoms with van der Waals surface area (Å²) >= 11 is 0. The minimum absolute atomic E-state index is 0.0331. The van der Waals surface area contributed by atoms with E-state index < -0.39 is 33.8 Å². The average molecular weight is 472 g/mol. The number of halogens is 3. The topological polar surface area (TPSA) is 79.8 Å². The fourth-order valence-corrected chi connectivity index (χ4v) is 5.27. The summed E-state index contributed by atoms with van der Waals surface area (Å²) in [4.78, 5) is 17.4. The van der Waals surface area contributed by atoms with Crippen LogP contribution in [0, 0.1) is 6.92 Å². The molecule has 11 heteroatoms. The van der Waals surface area contributed by atoms with Gasteiger partial charge in [0.05, 0.1) is 24.0 Å². The molecule has 2 heterocycles. The monoisotopic (exact) mass is 471 g/mol. The molecule has 2 aromatic rings. The maximum atomic E-state index is 13.3. The molecule has 174 valence electrons. The number of anilines is 1. The summed E-state index contributed by atoms with van der Waals surface area (Å²) in [6.07, 6.45) is -3.72. The van der Waals surface area contributed by atoms with Crippen LogP contribution >= 0.6 is 0 Å². The molecular weight excluding hydrogens is 447 g/mol. The minimum atomic E-state index is -4.47. The quantitative estimate of drug-likeness (QED) is 0.624. The second kappa shape index (κ2) is 9.07. The fourth-order valence-electron chi connectivity index (χ4n) is 3.61. The maximum Gasteiger partial charge on any atom is 0.417 e. The number of aromatic nitrogens is 1. The van der Waals surface area contributed by atoms with E-state index in [-0.39, 0.29) is 31.0 Å². The Hall–Kier alpha value is -2.66. The Morgan fingerprint density at radius 3 is 2.50 bits per heavy atom. The number of sulfonamides is 1. The molecule has 0 saturated carbocycles. The zero-order valence-electron chi connectivity index (χ0n) is 17.9. The molecule has 1 saturated heterocycles. The second-order valence-electron chi connectivity index (χ2n) is 7.65. The largest absolute Gasteiger partial charge is 0.469 e. The fraction of sp³-hybridized carbons (Fsp3) is 0.429. The molecule has 1 aromatic heterocycles. The van der Waals surface area contributed by atoms with Crippen LogP contribution in [0.3, 0.4) is 0 Å². The smallest absolute Gasteiger partial charge is 0.417 e. The average Bonchev–Trinajstić information content (AvgIpc) is 2.74. The van der Waals surface area contributed by atoms with Crippen LogP contribution in [0.1, 0.15) is 23.6 Å². The molecule has 0 spiro atoms. The molecule has 0 aliphatic carbocycles. The van der Waals surface area contributed by atoms with Crippen LogP contribution in [0.5, 0.6) is 0 Å². The molecule has 1 aliphatic heterocycles. The molecule has 1 atom stereocenters. The van der Waals surface area contributed by atoms with E-state index in [9.17, 15) is 26.4 Å². The summed E-state index contributed by atoms with van der Waals surface area (Å²) < 4.78 is 70.8. The zero-order valence-corrected chi connectivity index (χ0v) is 18.7. The van der Waals surface area contributed by atoms with E-state index in [2.05, 4.69) is 9.72 Å². The number of methoxy groups -OCH3 is 1. The number of nitrogens with zero attached hydrogens (tertiary/aromatic N) is 3. The number of carbonyl (C=O) groups excluding carboxylic acids is 1. The van der Waals surface area contributed by atoms with E-state index >= 15 is 0 Å². The highest BCUT2D eigenvalue weighted by atomic mass is 32.2. The van der Waals surface area contributed by atoms with Crippen molar-refractivity contribution in [1.29, 1.82) is 0 Å². The second-order valence-corrected chi connectivity index (χ2v) is 9.55. The van der Waals surface area contributed by atoms with Crippen molar-refractivity contribution in [3.63, 3.8) is 0 Å². The van der Waals surface area contributed by atoms with Crippen LogP contribution in [-0.2, 0) is 32.2 Å². The number of pyridine rings is 1. The first-order valence-corrected chi connectivity index (χ1v) is 11.3. The Bertz CT molecular complexity index is 1090. The molecule has 0 bridgehead atoms. The van der Waals surface area contributed by atoms with Gasteiger partial charge in [-0.05, 0) is 49.2 Å². The predicted octanol–water partition coefficient (Wildman–Crippen LogP) is 3.02. The minimum Gasteiger partial charge on any atom is -0.469 e. The zero-order chi connectivity index (χ0) is 23.7. The molecule has 1 unspecified atom stereocenters. The summed E-state index contributed by atoms with van der Waals surface area (Å²) in [6.45, 7) is 4.22.